The zero-order valence-corrected chi connectivity index (χ0v) is 19.1. The monoisotopic (exact) mass is 493 g/mol. The Hall–Kier alpha value is -3.39. The Kier molecular flexibility index (Phi) is 4.89. The Balaban J connectivity index is 1.61. The molecule has 0 radical (unpaired) electrons. The Morgan fingerprint density at radius 3 is 2.53 bits per heavy atom. The minimum atomic E-state index is -0.922. The molecule has 162 valence electrons. The van der Waals surface area contributed by atoms with E-state index >= 15 is 0 Å². The maximum absolute atomic E-state index is 11.1. The van der Waals surface area contributed by atoms with Crippen molar-refractivity contribution in [1.29, 1.82) is 0 Å². The number of methoxy groups -OCH3 is 1. The number of rotatable bonds is 4. The second kappa shape index (κ2) is 7.63. The van der Waals surface area contributed by atoms with Crippen molar-refractivity contribution >= 4 is 27.3 Å². The van der Waals surface area contributed by atoms with E-state index in [-0.39, 0.29) is 11.7 Å². The highest BCUT2D eigenvalue weighted by atomic mass is 79.9. The number of ether oxygens (including phenoxy) is 2. The first-order valence-corrected chi connectivity index (χ1v) is 10.9. The summed E-state index contributed by atoms with van der Waals surface area (Å²) in [5, 5.41) is 18.1. The molecule has 0 spiro atoms. The highest BCUT2D eigenvalue weighted by molar-refractivity contribution is 9.10. The maximum atomic E-state index is 11.1. The molecule has 0 saturated carbocycles. The molecule has 2 heterocycles. The van der Waals surface area contributed by atoms with E-state index in [9.17, 15) is 10.1 Å². The molecule has 0 bridgehead atoms. The lowest BCUT2D eigenvalue weighted by Crippen LogP contribution is -2.48. The highest BCUT2D eigenvalue weighted by Gasteiger charge is 2.49. The molecule has 0 N–H and O–H groups in total. The average Bonchev–Trinajstić information content (AvgIpc) is 3.27. The molecule has 0 amide bonds. The van der Waals surface area contributed by atoms with Gasteiger partial charge in [0.15, 0.2) is 0 Å². The topological polar surface area (TPSA) is 77.2 Å². The third kappa shape index (κ3) is 3.31. The molecule has 0 fully saturated rings. The minimum absolute atomic E-state index is 0.0338. The molecule has 5 rings (SSSR count). The molecule has 0 aromatic heterocycles. The van der Waals surface area contributed by atoms with Crippen LogP contribution in [0.1, 0.15) is 36.1 Å². The lowest BCUT2D eigenvalue weighted by molar-refractivity contribution is -0.384. The van der Waals surface area contributed by atoms with Crippen molar-refractivity contribution in [2.75, 3.05) is 7.11 Å². The molecular weight excluding hydrogens is 474 g/mol. The summed E-state index contributed by atoms with van der Waals surface area (Å²) in [5.41, 5.74) is 2.92. The van der Waals surface area contributed by atoms with E-state index in [0.29, 0.717) is 6.42 Å². The molecular formula is C24H20BrN3O4. The average molecular weight is 494 g/mol. The lowest BCUT2D eigenvalue weighted by Gasteiger charge is -2.46. The smallest absolute Gasteiger partial charge is 0.269 e. The highest BCUT2D eigenvalue weighted by Crippen LogP contribution is 2.51. The zero-order chi connectivity index (χ0) is 22.5. The van der Waals surface area contributed by atoms with Crippen LogP contribution in [0.15, 0.2) is 76.3 Å². The van der Waals surface area contributed by atoms with E-state index in [1.165, 1.54) is 12.1 Å². The van der Waals surface area contributed by atoms with Gasteiger partial charge in [-0.1, -0.05) is 15.9 Å². The molecule has 0 aliphatic carbocycles. The summed E-state index contributed by atoms with van der Waals surface area (Å²) in [6.07, 6.45) is 0.710. The molecule has 0 saturated heterocycles. The molecule has 3 aromatic rings. The van der Waals surface area contributed by atoms with Crippen molar-refractivity contribution in [2.45, 2.75) is 25.1 Å². The van der Waals surface area contributed by atoms with E-state index in [2.05, 4.69) is 22.0 Å². The number of nitro groups is 1. The number of halogens is 1. The maximum Gasteiger partial charge on any atom is 0.269 e. The Labute approximate surface area is 193 Å². The van der Waals surface area contributed by atoms with Crippen molar-refractivity contribution in [1.82, 2.24) is 5.01 Å². The molecule has 2 atom stereocenters. The minimum Gasteiger partial charge on any atom is -0.497 e. The van der Waals surface area contributed by atoms with Crippen LogP contribution in [0.2, 0.25) is 0 Å². The summed E-state index contributed by atoms with van der Waals surface area (Å²) >= 11 is 3.57. The van der Waals surface area contributed by atoms with Gasteiger partial charge >= 0.3 is 0 Å². The number of fused-ring (bicyclic) bond motifs is 3. The van der Waals surface area contributed by atoms with Gasteiger partial charge in [0.05, 0.1) is 23.8 Å². The van der Waals surface area contributed by atoms with Crippen LogP contribution in [0.5, 0.6) is 11.5 Å². The first kappa shape index (κ1) is 20.5. The van der Waals surface area contributed by atoms with Crippen LogP contribution < -0.4 is 9.47 Å². The van der Waals surface area contributed by atoms with Gasteiger partial charge < -0.3 is 9.47 Å². The summed E-state index contributed by atoms with van der Waals surface area (Å²) in [5.74, 6) is 1.57. The molecule has 7 nitrogen and oxygen atoms in total. The number of nitrogens with zero attached hydrogens (tertiary/aromatic N) is 3. The molecule has 2 aliphatic heterocycles. The van der Waals surface area contributed by atoms with Crippen molar-refractivity contribution in [3.63, 3.8) is 0 Å². The SMILES string of the molecule is COc1ccc(C2=NN3[C@H](C2)c2cc(Br)ccc2O[C@@]3(C)c2ccc([N+](=O)[O-])cc2)cc1. The van der Waals surface area contributed by atoms with Crippen LogP contribution in [-0.2, 0) is 5.72 Å². The molecule has 0 unspecified atom stereocenters. The predicted octanol–water partition coefficient (Wildman–Crippen LogP) is 5.78. The van der Waals surface area contributed by atoms with Gasteiger partial charge in [-0.3, -0.25) is 10.1 Å². The van der Waals surface area contributed by atoms with E-state index in [0.717, 1.165) is 38.4 Å². The quantitative estimate of drug-likeness (QED) is 0.339. The van der Waals surface area contributed by atoms with Crippen molar-refractivity contribution in [3.8, 4) is 11.5 Å². The van der Waals surface area contributed by atoms with Crippen molar-refractivity contribution in [3.05, 3.63) is 98.0 Å². The lowest BCUT2D eigenvalue weighted by atomic mass is 9.92. The van der Waals surface area contributed by atoms with E-state index in [4.69, 9.17) is 14.6 Å². The van der Waals surface area contributed by atoms with Crippen LogP contribution >= 0.6 is 15.9 Å². The fraction of sp³-hybridized carbons (Fsp3) is 0.208. The van der Waals surface area contributed by atoms with E-state index in [1.54, 1.807) is 19.2 Å². The molecule has 3 aromatic carbocycles. The van der Waals surface area contributed by atoms with Gasteiger partial charge in [0.2, 0.25) is 5.72 Å². The van der Waals surface area contributed by atoms with Crippen LogP contribution in [0.3, 0.4) is 0 Å². The summed E-state index contributed by atoms with van der Waals surface area (Å²) in [7, 11) is 1.64. The number of hydrogen-bond acceptors (Lipinski definition) is 6. The molecule has 32 heavy (non-hydrogen) atoms. The third-order valence-electron chi connectivity index (χ3n) is 6.02. The van der Waals surface area contributed by atoms with Gasteiger partial charge in [0, 0.05) is 41.1 Å². The van der Waals surface area contributed by atoms with Crippen LogP contribution in [0, 0.1) is 10.1 Å². The first-order chi connectivity index (χ1) is 15.4. The number of non-ortho nitro benzene ring substituents is 1. The normalized spacial score (nSPS) is 21.3. The summed E-state index contributed by atoms with van der Waals surface area (Å²) in [6.45, 7) is 1.95. The van der Waals surface area contributed by atoms with E-state index in [1.807, 2.05) is 48.3 Å². The fourth-order valence-corrected chi connectivity index (χ4v) is 4.70. The predicted molar refractivity (Wildman–Crippen MR) is 124 cm³/mol. The number of hydrazone groups is 1. The van der Waals surface area contributed by atoms with Gasteiger partial charge in [-0.15, -0.1) is 0 Å². The summed E-state index contributed by atoms with van der Waals surface area (Å²) in [4.78, 5) is 10.7. The standard InChI is InChI=1S/C24H20BrN3O4/c1-24(16-5-8-18(9-6-16)28(29)30)27-22(20-13-17(25)7-12-23(20)32-24)14-21(26-27)15-3-10-19(31-2)11-4-15/h3-13,22H,14H2,1-2H3/t22-,24+/m1/s1. The number of benzene rings is 3. The summed E-state index contributed by atoms with van der Waals surface area (Å²) in [6, 6.07) is 20.3. The molecule has 8 heteroatoms. The van der Waals surface area contributed by atoms with Gasteiger partial charge in [-0.2, -0.15) is 5.10 Å². The van der Waals surface area contributed by atoms with Gasteiger partial charge in [-0.05, 0) is 60.2 Å². The van der Waals surface area contributed by atoms with Gasteiger partial charge in [0.1, 0.15) is 11.5 Å². The third-order valence-corrected chi connectivity index (χ3v) is 6.52. The van der Waals surface area contributed by atoms with Gasteiger partial charge in [0.25, 0.3) is 5.69 Å². The molecule has 2 aliphatic rings. The zero-order valence-electron chi connectivity index (χ0n) is 17.5. The van der Waals surface area contributed by atoms with Crippen LogP contribution in [0.25, 0.3) is 0 Å². The Bertz CT molecular complexity index is 1230. The van der Waals surface area contributed by atoms with E-state index < -0.39 is 10.6 Å². The Morgan fingerprint density at radius 2 is 1.88 bits per heavy atom. The number of nitro benzene ring substituents is 1. The van der Waals surface area contributed by atoms with Crippen molar-refractivity contribution in [2.24, 2.45) is 5.10 Å². The van der Waals surface area contributed by atoms with Crippen molar-refractivity contribution < 1.29 is 14.4 Å². The van der Waals surface area contributed by atoms with Crippen LogP contribution in [-0.4, -0.2) is 22.8 Å². The fourth-order valence-electron chi connectivity index (χ4n) is 4.32. The Morgan fingerprint density at radius 1 is 1.16 bits per heavy atom. The van der Waals surface area contributed by atoms with Gasteiger partial charge in [-0.25, -0.2) is 5.01 Å². The van der Waals surface area contributed by atoms with Crippen LogP contribution in [0.4, 0.5) is 5.69 Å². The second-order valence-electron chi connectivity index (χ2n) is 7.91. The largest absolute Gasteiger partial charge is 0.497 e. The summed E-state index contributed by atoms with van der Waals surface area (Å²) < 4.78 is 12.8. The first-order valence-electron chi connectivity index (χ1n) is 10.1. The second-order valence-corrected chi connectivity index (χ2v) is 8.83. The number of hydrogen-bond donors (Lipinski definition) is 0.